The third-order valence-electron chi connectivity index (χ3n) is 0.204. The lowest BCUT2D eigenvalue weighted by atomic mass is 11.0. The van der Waals surface area contributed by atoms with Gasteiger partial charge in [0.05, 0.1) is 0 Å². The summed E-state index contributed by atoms with van der Waals surface area (Å²) in [5.74, 6) is 0. The molecule has 22 valence electrons. The minimum absolute atomic E-state index is 1.09. The van der Waals surface area contributed by atoms with Crippen molar-refractivity contribution in [1.29, 1.82) is 0 Å². The SMILES string of the molecule is C=C=C[SiH3]. The highest BCUT2D eigenvalue weighted by Gasteiger charge is 1.25. The Bertz CT molecular complexity index is 41.2. The fourth-order valence-electron chi connectivity index (χ4n) is 0. The third kappa shape index (κ3) is 1.74. The lowest BCUT2D eigenvalue weighted by Crippen LogP contribution is -1.33. The molecule has 4 heavy (non-hydrogen) atoms. The molecular formula is C3H6Si. The molecule has 0 spiro atoms. The van der Waals surface area contributed by atoms with Crippen molar-refractivity contribution >= 4 is 10.2 Å². The van der Waals surface area contributed by atoms with Gasteiger partial charge in [0.2, 0.25) is 0 Å². The van der Waals surface area contributed by atoms with Crippen molar-refractivity contribution in [2.24, 2.45) is 0 Å². The molecular weight excluding hydrogens is 64.1 g/mol. The lowest BCUT2D eigenvalue weighted by Gasteiger charge is -1.37. The lowest BCUT2D eigenvalue weighted by molar-refractivity contribution is 2.42. The molecule has 0 N–H and O–H groups in total. The maximum atomic E-state index is 3.33. The van der Waals surface area contributed by atoms with Crippen LogP contribution in [-0.2, 0) is 0 Å². The Balaban J connectivity index is 3.11. The topological polar surface area (TPSA) is 0 Å². The van der Waals surface area contributed by atoms with Crippen molar-refractivity contribution in [1.82, 2.24) is 0 Å². The quantitative estimate of drug-likeness (QED) is 0.270. The first-order valence-electron chi connectivity index (χ1n) is 1.22. The smallest absolute Gasteiger partial charge is 0.0390 e. The van der Waals surface area contributed by atoms with Crippen molar-refractivity contribution in [3.8, 4) is 0 Å². The fraction of sp³-hybridized carbons (Fsp3) is 0. The van der Waals surface area contributed by atoms with Crippen LogP contribution >= 0.6 is 0 Å². The van der Waals surface area contributed by atoms with Gasteiger partial charge in [-0.15, -0.1) is 5.73 Å². The monoisotopic (exact) mass is 70.0 g/mol. The Labute approximate surface area is 29.3 Å². The normalized spacial score (nSPS) is 5.00. The summed E-state index contributed by atoms with van der Waals surface area (Å²) in [5.41, 5.74) is 4.52. The second kappa shape index (κ2) is 2.74. The second-order valence-corrected chi connectivity index (χ2v) is 1.07. The molecule has 0 saturated carbocycles. The van der Waals surface area contributed by atoms with Gasteiger partial charge in [0.25, 0.3) is 0 Å². The van der Waals surface area contributed by atoms with Crippen LogP contribution in [0, 0.1) is 0 Å². The first-order valence-corrected chi connectivity index (χ1v) is 2.37. The Hall–Kier alpha value is -0.263. The maximum Gasteiger partial charge on any atom is 0.0390 e. The first kappa shape index (κ1) is 3.74. The molecule has 0 heterocycles. The van der Waals surface area contributed by atoms with E-state index >= 15 is 0 Å². The summed E-state index contributed by atoms with van der Waals surface area (Å²) < 4.78 is 0. The molecule has 0 rings (SSSR count). The molecule has 0 aromatic carbocycles. The minimum atomic E-state index is 1.09. The van der Waals surface area contributed by atoms with E-state index in [4.69, 9.17) is 0 Å². The van der Waals surface area contributed by atoms with E-state index in [0.717, 1.165) is 10.2 Å². The van der Waals surface area contributed by atoms with E-state index in [1.54, 1.807) is 0 Å². The molecule has 0 fully saturated rings. The Kier molecular flexibility index (Phi) is 2.56. The van der Waals surface area contributed by atoms with Gasteiger partial charge >= 0.3 is 0 Å². The number of rotatable bonds is 0. The highest BCUT2D eigenvalue weighted by molar-refractivity contribution is 6.16. The maximum absolute atomic E-state index is 3.33. The van der Waals surface area contributed by atoms with Crippen molar-refractivity contribution in [3.63, 3.8) is 0 Å². The van der Waals surface area contributed by atoms with Crippen LogP contribution in [0.4, 0.5) is 0 Å². The molecule has 0 aliphatic heterocycles. The van der Waals surface area contributed by atoms with E-state index in [9.17, 15) is 0 Å². The Morgan fingerprint density at radius 2 is 2.25 bits per heavy atom. The zero-order valence-corrected chi connectivity index (χ0v) is 4.78. The number of hydrogen-bond donors (Lipinski definition) is 0. The second-order valence-electron chi connectivity index (χ2n) is 0.493. The van der Waals surface area contributed by atoms with Gasteiger partial charge in [0, 0.05) is 10.2 Å². The summed E-state index contributed by atoms with van der Waals surface area (Å²) in [6.45, 7) is 3.33. The average molecular weight is 70.2 g/mol. The Morgan fingerprint density at radius 3 is 2.25 bits per heavy atom. The van der Waals surface area contributed by atoms with Crippen LogP contribution in [0.3, 0.4) is 0 Å². The highest BCUT2D eigenvalue weighted by atomic mass is 28.1. The van der Waals surface area contributed by atoms with Gasteiger partial charge < -0.3 is 0 Å². The summed E-state index contributed by atoms with van der Waals surface area (Å²) in [7, 11) is 1.09. The zero-order chi connectivity index (χ0) is 3.41. The van der Waals surface area contributed by atoms with E-state index in [1.807, 2.05) is 5.70 Å². The van der Waals surface area contributed by atoms with Gasteiger partial charge in [-0.25, -0.2) is 0 Å². The Morgan fingerprint density at radius 1 is 2.00 bits per heavy atom. The molecule has 0 saturated heterocycles. The van der Waals surface area contributed by atoms with Gasteiger partial charge in [-0.05, 0) is 0 Å². The van der Waals surface area contributed by atoms with Crippen molar-refractivity contribution in [3.05, 3.63) is 18.0 Å². The van der Waals surface area contributed by atoms with Crippen LogP contribution in [0.1, 0.15) is 0 Å². The highest BCUT2D eigenvalue weighted by Crippen LogP contribution is 1.36. The summed E-state index contributed by atoms with van der Waals surface area (Å²) in [5, 5.41) is 0. The largest absolute Gasteiger partial charge is 0.138 e. The predicted molar refractivity (Wildman–Crippen MR) is 23.6 cm³/mol. The van der Waals surface area contributed by atoms with Crippen LogP contribution in [0.5, 0.6) is 0 Å². The van der Waals surface area contributed by atoms with Gasteiger partial charge in [-0.1, -0.05) is 12.3 Å². The molecule has 0 atom stereocenters. The molecule has 0 nitrogen and oxygen atoms in total. The van der Waals surface area contributed by atoms with E-state index in [2.05, 4.69) is 12.3 Å². The standard InChI is InChI=1S/C3H6Si/c1-2-3-4/h3H,1H2,4H3. The van der Waals surface area contributed by atoms with Crippen molar-refractivity contribution < 1.29 is 0 Å². The number of hydrogen-bond acceptors (Lipinski definition) is 0. The van der Waals surface area contributed by atoms with Crippen LogP contribution in [0.15, 0.2) is 18.0 Å². The van der Waals surface area contributed by atoms with E-state index in [-0.39, 0.29) is 0 Å². The summed E-state index contributed by atoms with van der Waals surface area (Å²) >= 11 is 0. The molecule has 0 unspecified atom stereocenters. The molecule has 0 aromatic rings. The van der Waals surface area contributed by atoms with Gasteiger partial charge in [0.15, 0.2) is 0 Å². The van der Waals surface area contributed by atoms with E-state index < -0.39 is 0 Å². The van der Waals surface area contributed by atoms with Crippen molar-refractivity contribution in [2.75, 3.05) is 0 Å². The molecule has 0 aliphatic rings. The minimum Gasteiger partial charge on any atom is -0.138 e. The summed E-state index contributed by atoms with van der Waals surface area (Å²) in [6.07, 6.45) is 0. The van der Waals surface area contributed by atoms with Crippen LogP contribution in [0.25, 0.3) is 0 Å². The fourth-order valence-corrected chi connectivity index (χ4v) is 0. The van der Waals surface area contributed by atoms with Crippen LogP contribution in [-0.4, -0.2) is 10.2 Å². The predicted octanol–water partition coefficient (Wildman–Crippen LogP) is -0.350. The van der Waals surface area contributed by atoms with Gasteiger partial charge in [-0.2, -0.15) is 0 Å². The molecule has 0 aromatic heterocycles. The van der Waals surface area contributed by atoms with Gasteiger partial charge in [0.1, 0.15) is 0 Å². The first-order chi connectivity index (χ1) is 1.91. The molecule has 0 aliphatic carbocycles. The zero-order valence-electron chi connectivity index (χ0n) is 2.78. The van der Waals surface area contributed by atoms with Crippen LogP contribution in [0.2, 0.25) is 0 Å². The van der Waals surface area contributed by atoms with E-state index in [1.165, 1.54) is 0 Å². The molecule has 0 amide bonds. The average Bonchev–Trinajstić information content (AvgIpc) is 1.37. The molecule has 0 bridgehead atoms. The molecule has 1 heteroatoms. The molecule has 0 radical (unpaired) electrons. The van der Waals surface area contributed by atoms with E-state index in [0.29, 0.717) is 0 Å². The third-order valence-corrected chi connectivity index (χ3v) is 0.612. The summed E-state index contributed by atoms with van der Waals surface area (Å²) in [4.78, 5) is 0. The van der Waals surface area contributed by atoms with Crippen LogP contribution < -0.4 is 0 Å². The summed E-state index contributed by atoms with van der Waals surface area (Å²) in [6, 6.07) is 0. The van der Waals surface area contributed by atoms with Crippen molar-refractivity contribution in [2.45, 2.75) is 0 Å². The van der Waals surface area contributed by atoms with Gasteiger partial charge in [-0.3, -0.25) is 0 Å².